The fourth-order valence-corrected chi connectivity index (χ4v) is 1.25. The molecule has 1 rings (SSSR count). The molecule has 15 heavy (non-hydrogen) atoms. The zero-order valence-electron chi connectivity index (χ0n) is 9.40. The fourth-order valence-electron chi connectivity index (χ4n) is 1.25. The molecule has 0 radical (unpaired) electrons. The van der Waals surface area contributed by atoms with Gasteiger partial charge in [0.2, 0.25) is 0 Å². The normalized spacial score (nSPS) is 10.9. The summed E-state index contributed by atoms with van der Waals surface area (Å²) in [6.07, 6.45) is 1.83. The van der Waals surface area contributed by atoms with Crippen molar-refractivity contribution in [2.45, 2.75) is 20.4 Å². The molecule has 86 valence electrons. The second-order valence-corrected chi connectivity index (χ2v) is 3.18. The van der Waals surface area contributed by atoms with Crippen molar-refractivity contribution in [2.24, 2.45) is 5.73 Å². The Balaban J connectivity index is 2.25. The number of aromatic nitrogens is 1. The Morgan fingerprint density at radius 1 is 1.47 bits per heavy atom. The number of oxazole rings is 1. The maximum atomic E-state index is 5.40. The number of rotatable bonds is 7. The van der Waals surface area contributed by atoms with E-state index in [0.717, 1.165) is 19.6 Å². The Morgan fingerprint density at radius 3 is 2.73 bits per heavy atom. The molecule has 0 atom stereocenters. The van der Waals surface area contributed by atoms with E-state index in [1.54, 1.807) is 0 Å². The van der Waals surface area contributed by atoms with Crippen molar-refractivity contribution in [3.63, 3.8) is 0 Å². The summed E-state index contributed by atoms with van der Waals surface area (Å²) in [4.78, 5) is 6.32. The molecule has 0 aliphatic rings. The maximum Gasteiger partial charge on any atom is 0.393 e. The van der Waals surface area contributed by atoms with Crippen molar-refractivity contribution in [3.05, 3.63) is 12.0 Å². The summed E-state index contributed by atoms with van der Waals surface area (Å²) in [5.74, 6) is 0. The predicted octanol–water partition coefficient (Wildman–Crippen LogP) is 0.854. The van der Waals surface area contributed by atoms with Crippen LogP contribution in [0.5, 0.6) is 6.08 Å². The minimum atomic E-state index is 0.308. The lowest BCUT2D eigenvalue weighted by atomic mass is 10.5. The van der Waals surface area contributed by atoms with Crippen molar-refractivity contribution in [2.75, 3.05) is 26.2 Å². The lowest BCUT2D eigenvalue weighted by Crippen LogP contribution is -2.27. The molecule has 0 fully saturated rings. The van der Waals surface area contributed by atoms with Crippen LogP contribution < -0.4 is 10.5 Å². The van der Waals surface area contributed by atoms with Crippen LogP contribution in [0.25, 0.3) is 0 Å². The van der Waals surface area contributed by atoms with Gasteiger partial charge in [-0.25, -0.2) is 0 Å². The molecule has 2 N–H and O–H groups in total. The highest BCUT2D eigenvalue weighted by molar-refractivity contribution is 4.98. The summed E-state index contributed by atoms with van der Waals surface area (Å²) in [5.41, 5.74) is 6.11. The summed E-state index contributed by atoms with van der Waals surface area (Å²) in [7, 11) is 0. The smallest absolute Gasteiger partial charge is 0.393 e. The molecule has 0 aliphatic carbocycles. The van der Waals surface area contributed by atoms with Gasteiger partial charge >= 0.3 is 6.08 Å². The van der Waals surface area contributed by atoms with E-state index < -0.39 is 0 Å². The summed E-state index contributed by atoms with van der Waals surface area (Å²) < 4.78 is 10.4. The number of likely N-dealkylation sites (N-methyl/N-ethyl adjacent to an activating group) is 1. The zero-order valence-corrected chi connectivity index (χ0v) is 9.40. The summed E-state index contributed by atoms with van der Waals surface area (Å²) in [6.45, 7) is 8.16. The molecule has 1 heterocycles. The molecule has 0 aliphatic heterocycles. The SMILES string of the molecule is CCN(CC)CCOc1nc(CN)co1. The highest BCUT2D eigenvalue weighted by Gasteiger charge is 2.04. The van der Waals surface area contributed by atoms with E-state index >= 15 is 0 Å². The first-order valence-electron chi connectivity index (χ1n) is 5.29. The van der Waals surface area contributed by atoms with E-state index in [4.69, 9.17) is 14.9 Å². The second kappa shape index (κ2) is 6.42. The van der Waals surface area contributed by atoms with Crippen LogP contribution in [0, 0.1) is 0 Å². The average Bonchev–Trinajstić information content (AvgIpc) is 2.72. The molecule has 5 nitrogen and oxygen atoms in total. The number of hydrogen-bond donors (Lipinski definition) is 1. The molecular weight excluding hydrogens is 194 g/mol. The van der Waals surface area contributed by atoms with Crippen LogP contribution in [0.3, 0.4) is 0 Å². The molecule has 0 amide bonds. The first kappa shape index (κ1) is 12.0. The van der Waals surface area contributed by atoms with Crippen LogP contribution in [-0.2, 0) is 6.54 Å². The summed E-state index contributed by atoms with van der Waals surface area (Å²) in [6, 6.07) is 0. The van der Waals surface area contributed by atoms with Crippen LogP contribution in [0.15, 0.2) is 10.7 Å². The minimum absolute atomic E-state index is 0.308. The largest absolute Gasteiger partial charge is 0.449 e. The van der Waals surface area contributed by atoms with Crippen molar-refractivity contribution in [3.8, 4) is 6.08 Å². The number of nitrogens with zero attached hydrogens (tertiary/aromatic N) is 2. The summed E-state index contributed by atoms with van der Waals surface area (Å²) in [5, 5.41) is 0. The third-order valence-corrected chi connectivity index (χ3v) is 2.27. The molecule has 0 unspecified atom stereocenters. The highest BCUT2D eigenvalue weighted by Crippen LogP contribution is 2.09. The standard InChI is InChI=1S/C10H19N3O2/c1-3-13(4-2)5-6-14-10-12-9(7-11)8-15-10/h8H,3-7,11H2,1-2H3. The highest BCUT2D eigenvalue weighted by atomic mass is 16.6. The molecule has 1 aromatic heterocycles. The van der Waals surface area contributed by atoms with Gasteiger partial charge in [-0.2, -0.15) is 4.98 Å². The monoisotopic (exact) mass is 213 g/mol. The molecular formula is C10H19N3O2. The van der Waals surface area contributed by atoms with E-state index in [1.165, 1.54) is 6.26 Å². The fraction of sp³-hybridized carbons (Fsp3) is 0.700. The van der Waals surface area contributed by atoms with Gasteiger partial charge in [-0.05, 0) is 13.1 Å². The Labute approximate surface area is 90.2 Å². The van der Waals surface area contributed by atoms with E-state index in [1.807, 2.05) is 0 Å². The molecule has 5 heteroatoms. The van der Waals surface area contributed by atoms with E-state index in [9.17, 15) is 0 Å². The average molecular weight is 213 g/mol. The van der Waals surface area contributed by atoms with E-state index in [-0.39, 0.29) is 0 Å². The lowest BCUT2D eigenvalue weighted by Gasteiger charge is -2.16. The van der Waals surface area contributed by atoms with Gasteiger partial charge in [-0.3, -0.25) is 0 Å². The van der Waals surface area contributed by atoms with Crippen molar-refractivity contribution < 1.29 is 9.15 Å². The van der Waals surface area contributed by atoms with Gasteiger partial charge in [-0.1, -0.05) is 13.8 Å². The van der Waals surface area contributed by atoms with Gasteiger partial charge in [0, 0.05) is 13.1 Å². The van der Waals surface area contributed by atoms with E-state index in [0.29, 0.717) is 24.9 Å². The Bertz CT molecular complexity index is 271. The van der Waals surface area contributed by atoms with Crippen LogP contribution in [-0.4, -0.2) is 36.1 Å². The molecule has 1 aromatic rings. The maximum absolute atomic E-state index is 5.40. The number of nitrogens with two attached hydrogens (primary N) is 1. The first-order chi connectivity index (χ1) is 7.30. The van der Waals surface area contributed by atoms with Gasteiger partial charge < -0.3 is 19.8 Å². The third kappa shape index (κ3) is 3.89. The topological polar surface area (TPSA) is 64.5 Å². The van der Waals surface area contributed by atoms with Crippen LogP contribution in [0.4, 0.5) is 0 Å². The van der Waals surface area contributed by atoms with Crippen LogP contribution in [0.1, 0.15) is 19.5 Å². The minimum Gasteiger partial charge on any atom is -0.449 e. The molecule has 0 bridgehead atoms. The van der Waals surface area contributed by atoms with E-state index in [2.05, 4.69) is 23.7 Å². The Morgan fingerprint density at radius 2 is 2.20 bits per heavy atom. The Kier molecular flexibility index (Phi) is 5.14. The number of hydrogen-bond acceptors (Lipinski definition) is 5. The second-order valence-electron chi connectivity index (χ2n) is 3.18. The predicted molar refractivity (Wildman–Crippen MR) is 57.7 cm³/mol. The molecule has 0 spiro atoms. The van der Waals surface area contributed by atoms with Crippen molar-refractivity contribution >= 4 is 0 Å². The van der Waals surface area contributed by atoms with Crippen LogP contribution in [0.2, 0.25) is 0 Å². The van der Waals surface area contributed by atoms with Gasteiger partial charge in [0.05, 0.1) is 5.69 Å². The third-order valence-electron chi connectivity index (χ3n) is 2.27. The Hall–Kier alpha value is -1.07. The summed E-state index contributed by atoms with van der Waals surface area (Å²) >= 11 is 0. The van der Waals surface area contributed by atoms with Gasteiger partial charge in [-0.15, -0.1) is 0 Å². The van der Waals surface area contributed by atoms with Crippen molar-refractivity contribution in [1.29, 1.82) is 0 Å². The lowest BCUT2D eigenvalue weighted by molar-refractivity contribution is 0.183. The van der Waals surface area contributed by atoms with Crippen molar-refractivity contribution in [1.82, 2.24) is 9.88 Å². The first-order valence-corrected chi connectivity index (χ1v) is 5.29. The van der Waals surface area contributed by atoms with Gasteiger partial charge in [0.1, 0.15) is 12.9 Å². The molecule has 0 saturated heterocycles. The van der Waals surface area contributed by atoms with Crippen LogP contribution >= 0.6 is 0 Å². The molecule has 0 saturated carbocycles. The zero-order chi connectivity index (χ0) is 11.1. The quantitative estimate of drug-likeness (QED) is 0.727. The molecule has 0 aromatic carbocycles. The van der Waals surface area contributed by atoms with Gasteiger partial charge in [0.15, 0.2) is 0 Å². The number of ether oxygens (including phenoxy) is 1. The van der Waals surface area contributed by atoms with Gasteiger partial charge in [0.25, 0.3) is 0 Å².